The van der Waals surface area contributed by atoms with Crippen LogP contribution in [0.1, 0.15) is 19.4 Å². The lowest BCUT2D eigenvalue weighted by molar-refractivity contribution is -0.116. The molecule has 0 fully saturated rings. The van der Waals surface area contributed by atoms with Crippen molar-refractivity contribution < 1.29 is 9.53 Å². The fourth-order valence-corrected chi connectivity index (χ4v) is 3.66. The Bertz CT molecular complexity index is 859. The van der Waals surface area contributed by atoms with E-state index in [9.17, 15) is 4.79 Å². The second kappa shape index (κ2) is 6.74. The minimum Gasteiger partial charge on any atom is -0.484 e. The van der Waals surface area contributed by atoms with E-state index >= 15 is 0 Å². The number of hydrogen-bond acceptors (Lipinski definition) is 3. The molecule has 0 radical (unpaired) electrons. The Labute approximate surface area is 157 Å². The van der Waals surface area contributed by atoms with E-state index in [0.717, 1.165) is 11.4 Å². The second-order valence-corrected chi connectivity index (χ2v) is 7.40. The molecule has 0 atom stereocenters. The quantitative estimate of drug-likeness (QED) is 0.683. The molecule has 3 rings (SSSR count). The maximum Gasteiger partial charge on any atom is 0.194 e. The Balaban J connectivity index is 1.78. The molecule has 5 heteroatoms. The zero-order valence-corrected chi connectivity index (χ0v) is 15.9. The third-order valence-electron chi connectivity index (χ3n) is 4.50. The highest BCUT2D eigenvalue weighted by Crippen LogP contribution is 2.46. The van der Waals surface area contributed by atoms with Crippen molar-refractivity contribution in [2.75, 3.05) is 18.6 Å². The first-order chi connectivity index (χ1) is 11.8. The zero-order valence-electron chi connectivity index (χ0n) is 14.3. The molecule has 0 unspecified atom stereocenters. The van der Waals surface area contributed by atoms with Crippen molar-refractivity contribution in [2.45, 2.75) is 19.3 Å². The maximum atomic E-state index is 12.4. The Morgan fingerprint density at radius 2 is 1.92 bits per heavy atom. The number of nitrogens with zero attached hydrogens (tertiary/aromatic N) is 1. The molecule has 0 aliphatic carbocycles. The fourth-order valence-electron chi connectivity index (χ4n) is 3.19. The van der Waals surface area contributed by atoms with Gasteiger partial charge in [0.2, 0.25) is 0 Å². The Morgan fingerprint density at radius 3 is 2.60 bits per heavy atom. The minimum absolute atomic E-state index is 0.0783. The highest BCUT2D eigenvalue weighted by atomic mass is 35.5. The fraction of sp³-hybridized carbons (Fsp3) is 0.250. The summed E-state index contributed by atoms with van der Waals surface area (Å²) in [4.78, 5) is 14.5. The van der Waals surface area contributed by atoms with Crippen LogP contribution >= 0.6 is 23.2 Å². The first-order valence-electron chi connectivity index (χ1n) is 7.97. The minimum atomic E-state index is -0.237. The third-order valence-corrected chi connectivity index (χ3v) is 5.03. The predicted octanol–water partition coefficient (Wildman–Crippen LogP) is 5.25. The van der Waals surface area contributed by atoms with Gasteiger partial charge in [-0.15, -0.1) is 0 Å². The molecule has 0 bridgehead atoms. The van der Waals surface area contributed by atoms with Crippen LogP contribution in [-0.2, 0) is 10.2 Å². The second-order valence-electron chi connectivity index (χ2n) is 6.56. The van der Waals surface area contributed by atoms with E-state index < -0.39 is 0 Å². The van der Waals surface area contributed by atoms with Gasteiger partial charge in [0.25, 0.3) is 0 Å². The number of benzene rings is 2. The first kappa shape index (κ1) is 17.8. The van der Waals surface area contributed by atoms with Crippen molar-refractivity contribution in [1.29, 1.82) is 0 Å². The van der Waals surface area contributed by atoms with Crippen LogP contribution in [0.15, 0.2) is 54.2 Å². The number of fused-ring (bicyclic) bond motifs is 1. The summed E-state index contributed by atoms with van der Waals surface area (Å²) in [6.45, 7) is 4.15. The molecule has 0 spiro atoms. The largest absolute Gasteiger partial charge is 0.484 e. The molecule has 0 saturated heterocycles. The van der Waals surface area contributed by atoms with E-state index in [1.165, 1.54) is 5.56 Å². The molecule has 3 nitrogen and oxygen atoms in total. The van der Waals surface area contributed by atoms with E-state index in [4.69, 9.17) is 27.9 Å². The topological polar surface area (TPSA) is 29.5 Å². The van der Waals surface area contributed by atoms with E-state index in [-0.39, 0.29) is 17.8 Å². The van der Waals surface area contributed by atoms with Gasteiger partial charge in [0, 0.05) is 34.9 Å². The van der Waals surface area contributed by atoms with E-state index in [2.05, 4.69) is 30.9 Å². The molecule has 1 aliphatic heterocycles. The van der Waals surface area contributed by atoms with Crippen LogP contribution in [0.2, 0.25) is 10.0 Å². The standard InChI is InChI=1S/C20H19Cl2NO2/c1-20(2)15-6-4-5-7-17(15)23(3)19(20)11-14(24)12-25-18-9-8-13(21)10-16(18)22/h4-11H,12H2,1-3H3/b19-11+. The zero-order chi connectivity index (χ0) is 18.2. The number of carbonyl (C=O) groups excluding carboxylic acids is 1. The van der Waals surface area contributed by atoms with Crippen molar-refractivity contribution >= 4 is 34.7 Å². The van der Waals surface area contributed by atoms with Crippen LogP contribution in [-0.4, -0.2) is 19.4 Å². The molecule has 0 aromatic heterocycles. The number of rotatable bonds is 4. The van der Waals surface area contributed by atoms with Crippen LogP contribution in [0.25, 0.3) is 0 Å². The van der Waals surface area contributed by atoms with Crippen molar-refractivity contribution in [1.82, 2.24) is 0 Å². The first-order valence-corrected chi connectivity index (χ1v) is 8.72. The summed E-state index contributed by atoms with van der Waals surface area (Å²) < 4.78 is 5.54. The summed E-state index contributed by atoms with van der Waals surface area (Å²) in [5.74, 6) is 0.328. The molecular weight excluding hydrogens is 357 g/mol. The van der Waals surface area contributed by atoms with Crippen molar-refractivity contribution in [3.8, 4) is 5.75 Å². The summed E-state index contributed by atoms with van der Waals surface area (Å²) in [7, 11) is 1.98. The summed E-state index contributed by atoms with van der Waals surface area (Å²) in [6, 6.07) is 13.1. The maximum absolute atomic E-state index is 12.4. The van der Waals surface area contributed by atoms with Crippen molar-refractivity contribution in [3.05, 3.63) is 69.8 Å². The molecule has 2 aromatic rings. The molecular formula is C20H19Cl2NO2. The van der Waals surface area contributed by atoms with Crippen LogP contribution in [0, 0.1) is 0 Å². The van der Waals surface area contributed by atoms with Gasteiger partial charge in [-0.05, 0) is 29.8 Å². The van der Waals surface area contributed by atoms with Gasteiger partial charge < -0.3 is 9.64 Å². The van der Waals surface area contributed by atoms with Gasteiger partial charge in [-0.1, -0.05) is 55.2 Å². The molecule has 0 N–H and O–H groups in total. The highest BCUT2D eigenvalue weighted by Gasteiger charge is 2.38. The molecule has 1 heterocycles. The van der Waals surface area contributed by atoms with Gasteiger partial charge in [-0.3, -0.25) is 4.79 Å². The van der Waals surface area contributed by atoms with Crippen LogP contribution in [0.5, 0.6) is 5.75 Å². The van der Waals surface area contributed by atoms with E-state index in [1.54, 1.807) is 24.3 Å². The molecule has 25 heavy (non-hydrogen) atoms. The third kappa shape index (κ3) is 3.39. The number of ketones is 1. The monoisotopic (exact) mass is 375 g/mol. The Kier molecular flexibility index (Phi) is 4.81. The lowest BCUT2D eigenvalue weighted by Crippen LogP contribution is -2.25. The molecule has 130 valence electrons. The summed E-state index contributed by atoms with van der Waals surface area (Å²) in [5, 5.41) is 0.913. The van der Waals surface area contributed by atoms with Gasteiger partial charge >= 0.3 is 0 Å². The number of allylic oxidation sites excluding steroid dienone is 1. The van der Waals surface area contributed by atoms with Crippen LogP contribution in [0.4, 0.5) is 5.69 Å². The average Bonchev–Trinajstić information content (AvgIpc) is 2.75. The summed E-state index contributed by atoms with van der Waals surface area (Å²) in [5.41, 5.74) is 3.04. The number of halogens is 2. The molecule has 0 amide bonds. The number of para-hydroxylation sites is 1. The van der Waals surface area contributed by atoms with E-state index in [0.29, 0.717) is 15.8 Å². The number of ether oxygens (including phenoxy) is 1. The van der Waals surface area contributed by atoms with Crippen molar-refractivity contribution in [3.63, 3.8) is 0 Å². The highest BCUT2D eigenvalue weighted by molar-refractivity contribution is 6.35. The molecule has 2 aromatic carbocycles. The number of hydrogen-bond donors (Lipinski definition) is 0. The van der Waals surface area contributed by atoms with Gasteiger partial charge in [0.05, 0.1) is 5.02 Å². The van der Waals surface area contributed by atoms with Gasteiger partial charge in [-0.25, -0.2) is 0 Å². The van der Waals surface area contributed by atoms with Crippen LogP contribution in [0.3, 0.4) is 0 Å². The summed E-state index contributed by atoms with van der Waals surface area (Å²) >= 11 is 11.9. The van der Waals surface area contributed by atoms with Gasteiger partial charge in [0.15, 0.2) is 12.4 Å². The Hall–Kier alpha value is -1.97. The number of carbonyl (C=O) groups is 1. The smallest absolute Gasteiger partial charge is 0.194 e. The molecule has 0 saturated carbocycles. The van der Waals surface area contributed by atoms with Crippen molar-refractivity contribution in [2.24, 2.45) is 0 Å². The Morgan fingerprint density at radius 1 is 1.20 bits per heavy atom. The summed E-state index contributed by atoms with van der Waals surface area (Å²) in [6.07, 6.45) is 1.66. The van der Waals surface area contributed by atoms with E-state index in [1.807, 2.05) is 19.2 Å². The SMILES string of the molecule is CN1/C(=C/C(=O)COc2ccc(Cl)cc2Cl)C(C)(C)c2ccccc21. The normalized spacial score (nSPS) is 16.8. The van der Waals surface area contributed by atoms with Gasteiger partial charge in [-0.2, -0.15) is 0 Å². The predicted molar refractivity (Wildman–Crippen MR) is 103 cm³/mol. The van der Waals surface area contributed by atoms with Crippen LogP contribution < -0.4 is 9.64 Å². The number of anilines is 1. The number of likely N-dealkylation sites (N-methyl/N-ethyl adjacent to an activating group) is 1. The lowest BCUT2D eigenvalue weighted by Gasteiger charge is -2.24. The van der Waals surface area contributed by atoms with Gasteiger partial charge in [0.1, 0.15) is 5.75 Å². The lowest BCUT2D eigenvalue weighted by atomic mass is 9.83. The molecule has 1 aliphatic rings. The average molecular weight is 376 g/mol.